The monoisotopic (exact) mass is 246 g/mol. The second-order valence-corrected chi connectivity index (χ2v) is 3.86. The van der Waals surface area contributed by atoms with Crippen molar-refractivity contribution >= 4 is 18.1 Å². The van der Waals surface area contributed by atoms with Gasteiger partial charge in [0, 0.05) is 5.02 Å². The molecule has 1 saturated carbocycles. The van der Waals surface area contributed by atoms with Crippen molar-refractivity contribution in [2.75, 3.05) is 0 Å². The Bertz CT molecular complexity index is 307. The Balaban J connectivity index is 0.000000511. The van der Waals surface area contributed by atoms with Crippen LogP contribution in [0.2, 0.25) is 5.02 Å². The van der Waals surface area contributed by atoms with Gasteiger partial charge in [-0.1, -0.05) is 31.2 Å². The summed E-state index contributed by atoms with van der Waals surface area (Å²) in [6.45, 7) is -0.250. The zero-order chi connectivity index (χ0) is 11.3. The van der Waals surface area contributed by atoms with E-state index in [1.807, 2.05) is 24.3 Å². The van der Waals surface area contributed by atoms with Crippen LogP contribution in [0.25, 0.3) is 0 Å². The van der Waals surface area contributed by atoms with E-state index in [1.54, 1.807) is 0 Å². The summed E-state index contributed by atoms with van der Waals surface area (Å²) < 4.78 is 12.5. The number of hydrogen-bond donors (Lipinski definition) is 1. The lowest BCUT2D eigenvalue weighted by Crippen LogP contribution is -2.22. The minimum Gasteiger partial charge on any atom is -0.483 e. The molecule has 1 fully saturated rings. The van der Waals surface area contributed by atoms with Crippen LogP contribution in [0.1, 0.15) is 31.7 Å². The molecule has 0 spiro atoms. The molecule has 4 heteroatoms. The van der Waals surface area contributed by atoms with Gasteiger partial charge in [0.25, 0.3) is 6.47 Å². The highest BCUT2D eigenvalue weighted by Crippen LogP contribution is 2.38. The third-order valence-electron chi connectivity index (χ3n) is 2.42. The van der Waals surface area contributed by atoms with Gasteiger partial charge in [-0.2, -0.15) is 0 Å². The molecule has 0 atom stereocenters. The van der Waals surface area contributed by atoms with E-state index < -0.39 is 6.17 Å². The van der Waals surface area contributed by atoms with Crippen LogP contribution in [-0.2, 0) is 4.79 Å². The molecule has 0 radical (unpaired) electrons. The Hall–Kier alpha value is -1.09. The molecule has 0 aliphatic heterocycles. The molecule has 1 aromatic rings. The first-order valence-electron chi connectivity index (χ1n) is 4.64. The van der Waals surface area contributed by atoms with Crippen LogP contribution < -0.4 is 0 Å². The Kier molecular flexibility index (Phi) is 6.74. The van der Waals surface area contributed by atoms with Crippen molar-refractivity contribution in [1.82, 2.24) is 0 Å². The second-order valence-electron chi connectivity index (χ2n) is 3.42. The van der Waals surface area contributed by atoms with Crippen molar-refractivity contribution in [3.05, 3.63) is 34.9 Å². The highest BCUT2D eigenvalue weighted by atomic mass is 35.5. The number of hydrogen-bond acceptors (Lipinski definition) is 1. The zero-order valence-electron chi connectivity index (χ0n) is 8.07. The molecule has 0 heterocycles. The van der Waals surface area contributed by atoms with Gasteiger partial charge in [0.1, 0.15) is 6.17 Å². The minimum absolute atomic E-state index is 0. The van der Waals surface area contributed by atoms with Crippen molar-refractivity contribution < 1.29 is 14.3 Å². The van der Waals surface area contributed by atoms with Crippen LogP contribution in [0.4, 0.5) is 4.39 Å². The van der Waals surface area contributed by atoms with Crippen LogP contribution >= 0.6 is 11.6 Å². The van der Waals surface area contributed by atoms with Crippen molar-refractivity contribution in [1.29, 1.82) is 0 Å². The standard InChI is InChI=1S/C10H10ClF.CH2O2.CH4/c11-9-3-1-7(2-4-9)8-5-10(12)6-8;2-1-3;/h1-4,8,10H,5-6H2;1H,(H,2,3);1H4. The van der Waals surface area contributed by atoms with Gasteiger partial charge in [0.15, 0.2) is 0 Å². The van der Waals surface area contributed by atoms with Crippen LogP contribution in [-0.4, -0.2) is 17.8 Å². The fraction of sp³-hybridized carbons (Fsp3) is 0.417. The molecule has 16 heavy (non-hydrogen) atoms. The highest BCUT2D eigenvalue weighted by molar-refractivity contribution is 6.30. The fourth-order valence-electron chi connectivity index (χ4n) is 1.56. The maximum Gasteiger partial charge on any atom is 0.290 e. The van der Waals surface area contributed by atoms with Crippen LogP contribution in [0.3, 0.4) is 0 Å². The largest absolute Gasteiger partial charge is 0.483 e. The number of carboxylic acid groups (broad SMARTS) is 1. The molecule has 1 aliphatic carbocycles. The van der Waals surface area contributed by atoms with Crippen LogP contribution in [0.5, 0.6) is 0 Å². The summed E-state index contributed by atoms with van der Waals surface area (Å²) in [6, 6.07) is 7.70. The van der Waals surface area contributed by atoms with E-state index in [1.165, 1.54) is 5.56 Å². The molecule has 1 N–H and O–H groups in total. The molecule has 0 bridgehead atoms. The van der Waals surface area contributed by atoms with Crippen molar-refractivity contribution in [3.63, 3.8) is 0 Å². The number of rotatable bonds is 1. The number of halogens is 2. The van der Waals surface area contributed by atoms with Gasteiger partial charge < -0.3 is 5.11 Å². The lowest BCUT2D eigenvalue weighted by Gasteiger charge is -2.29. The smallest absolute Gasteiger partial charge is 0.290 e. The SMILES string of the molecule is C.FC1CC(c2ccc(Cl)cc2)C1.O=CO. The highest BCUT2D eigenvalue weighted by Gasteiger charge is 2.29. The van der Waals surface area contributed by atoms with Crippen molar-refractivity contribution in [2.24, 2.45) is 0 Å². The van der Waals surface area contributed by atoms with Gasteiger partial charge >= 0.3 is 0 Å². The van der Waals surface area contributed by atoms with Gasteiger partial charge in [0.2, 0.25) is 0 Å². The van der Waals surface area contributed by atoms with Crippen LogP contribution in [0.15, 0.2) is 24.3 Å². The van der Waals surface area contributed by atoms with Crippen LogP contribution in [0, 0.1) is 0 Å². The van der Waals surface area contributed by atoms with Gasteiger partial charge in [-0.25, -0.2) is 4.39 Å². The molecule has 1 aliphatic rings. The maximum absolute atomic E-state index is 12.5. The molecule has 0 aromatic heterocycles. The van der Waals surface area contributed by atoms with E-state index in [9.17, 15) is 4.39 Å². The number of benzene rings is 1. The molecular weight excluding hydrogens is 231 g/mol. The Morgan fingerprint density at radius 1 is 1.31 bits per heavy atom. The second kappa shape index (κ2) is 7.23. The summed E-state index contributed by atoms with van der Waals surface area (Å²) in [5.41, 5.74) is 1.22. The average molecular weight is 247 g/mol. The summed E-state index contributed by atoms with van der Waals surface area (Å²) in [5.74, 6) is 0.428. The van der Waals surface area contributed by atoms with E-state index in [-0.39, 0.29) is 13.9 Å². The first-order valence-corrected chi connectivity index (χ1v) is 5.02. The molecule has 90 valence electrons. The van der Waals surface area contributed by atoms with Crippen molar-refractivity contribution in [3.8, 4) is 0 Å². The number of alkyl halides is 1. The Morgan fingerprint density at radius 3 is 2.12 bits per heavy atom. The maximum atomic E-state index is 12.5. The number of carbonyl (C=O) groups is 1. The van der Waals surface area contributed by atoms with E-state index in [0.29, 0.717) is 18.8 Å². The van der Waals surface area contributed by atoms with Gasteiger partial charge in [-0.05, 0) is 36.5 Å². The van der Waals surface area contributed by atoms with E-state index in [2.05, 4.69) is 0 Å². The quantitative estimate of drug-likeness (QED) is 0.764. The summed E-state index contributed by atoms with van der Waals surface area (Å²) in [6.07, 6.45) is 0.786. The third-order valence-corrected chi connectivity index (χ3v) is 2.67. The molecule has 0 unspecified atom stereocenters. The van der Waals surface area contributed by atoms with E-state index in [4.69, 9.17) is 21.5 Å². The van der Waals surface area contributed by atoms with Gasteiger partial charge in [-0.3, -0.25) is 4.79 Å². The lowest BCUT2D eigenvalue weighted by atomic mass is 9.78. The first-order chi connectivity index (χ1) is 7.17. The average Bonchev–Trinajstić information content (AvgIpc) is 2.16. The summed E-state index contributed by atoms with van der Waals surface area (Å²) in [4.78, 5) is 8.36. The first kappa shape index (κ1) is 14.9. The van der Waals surface area contributed by atoms with E-state index >= 15 is 0 Å². The van der Waals surface area contributed by atoms with Crippen molar-refractivity contribution in [2.45, 2.75) is 32.4 Å². The van der Waals surface area contributed by atoms with Gasteiger partial charge in [0.05, 0.1) is 0 Å². The molecular formula is C12H16ClFO2. The molecule has 2 rings (SSSR count). The summed E-state index contributed by atoms with van der Waals surface area (Å²) in [5, 5.41) is 7.63. The zero-order valence-corrected chi connectivity index (χ0v) is 8.82. The van der Waals surface area contributed by atoms with E-state index in [0.717, 1.165) is 5.02 Å². The predicted octanol–water partition coefficient (Wildman–Crippen LogP) is 3.89. The normalized spacial score (nSPS) is 21.9. The van der Waals surface area contributed by atoms with Gasteiger partial charge in [-0.15, -0.1) is 0 Å². The fourth-order valence-corrected chi connectivity index (χ4v) is 1.68. The predicted molar refractivity (Wildman–Crippen MR) is 63.7 cm³/mol. The summed E-state index contributed by atoms with van der Waals surface area (Å²) >= 11 is 5.73. The topological polar surface area (TPSA) is 37.3 Å². The lowest BCUT2D eigenvalue weighted by molar-refractivity contribution is -0.122. The molecule has 0 amide bonds. The third kappa shape index (κ3) is 4.19. The molecule has 0 saturated heterocycles. The Labute approximate surface area is 100 Å². The molecule has 2 nitrogen and oxygen atoms in total. The Morgan fingerprint density at radius 2 is 1.75 bits per heavy atom. The molecule has 1 aromatic carbocycles. The minimum atomic E-state index is -0.578. The summed E-state index contributed by atoms with van der Waals surface area (Å²) in [7, 11) is 0.